The Morgan fingerprint density at radius 2 is 1.76 bits per heavy atom. The second-order valence-corrected chi connectivity index (χ2v) is 10.3. The van der Waals surface area contributed by atoms with E-state index >= 15 is 0 Å². The largest absolute Gasteiger partial charge is 0.379 e. The molecular formula is C28H33N7O3. The first kappa shape index (κ1) is 24.6. The molecule has 2 aliphatic heterocycles. The van der Waals surface area contributed by atoms with Gasteiger partial charge in [0.2, 0.25) is 0 Å². The van der Waals surface area contributed by atoms with Crippen LogP contribution in [0.5, 0.6) is 0 Å². The van der Waals surface area contributed by atoms with Crippen LogP contribution in [0.3, 0.4) is 0 Å². The van der Waals surface area contributed by atoms with Gasteiger partial charge in [-0.2, -0.15) is 5.10 Å². The lowest BCUT2D eigenvalue weighted by atomic mass is 10.0. The normalized spacial score (nSPS) is 18.0. The predicted molar refractivity (Wildman–Crippen MR) is 146 cm³/mol. The molecule has 38 heavy (non-hydrogen) atoms. The maximum absolute atomic E-state index is 13.7. The summed E-state index contributed by atoms with van der Waals surface area (Å²) in [6, 6.07) is 14.0. The number of ketones is 1. The van der Waals surface area contributed by atoms with Crippen molar-refractivity contribution < 1.29 is 14.3 Å². The predicted octanol–water partition coefficient (Wildman–Crippen LogP) is 3.19. The Balaban J connectivity index is 1.20. The van der Waals surface area contributed by atoms with E-state index in [1.165, 1.54) is 5.69 Å². The van der Waals surface area contributed by atoms with Crippen LogP contribution in [0.2, 0.25) is 0 Å². The van der Waals surface area contributed by atoms with Crippen LogP contribution < -0.4 is 15.6 Å². The molecule has 2 aromatic carbocycles. The lowest BCUT2D eigenvalue weighted by Gasteiger charge is -2.36. The van der Waals surface area contributed by atoms with Gasteiger partial charge in [-0.15, -0.1) is 0 Å². The van der Waals surface area contributed by atoms with E-state index in [1.54, 1.807) is 6.07 Å². The van der Waals surface area contributed by atoms with Gasteiger partial charge < -0.3 is 19.9 Å². The number of benzene rings is 2. The molecule has 10 nitrogen and oxygen atoms in total. The molecular weight excluding hydrogens is 482 g/mol. The number of morpholine rings is 1. The number of rotatable bonds is 5. The van der Waals surface area contributed by atoms with Crippen LogP contribution in [0.1, 0.15) is 28.8 Å². The van der Waals surface area contributed by atoms with Crippen molar-refractivity contribution in [1.29, 1.82) is 0 Å². The average Bonchev–Trinajstić information content (AvgIpc) is 3.49. The molecule has 10 heteroatoms. The van der Waals surface area contributed by atoms with Crippen molar-refractivity contribution in [2.75, 3.05) is 63.7 Å². The highest BCUT2D eigenvalue weighted by atomic mass is 16.5. The number of carbonyl (C=O) groups excluding carboxylic acids is 2. The van der Waals surface area contributed by atoms with E-state index in [4.69, 9.17) is 4.74 Å². The molecule has 2 amide bonds. The first-order valence-electron chi connectivity index (χ1n) is 13.2. The van der Waals surface area contributed by atoms with Gasteiger partial charge in [-0.05, 0) is 45.1 Å². The molecule has 2 fully saturated rings. The minimum absolute atomic E-state index is 0.143. The van der Waals surface area contributed by atoms with Crippen molar-refractivity contribution in [2.24, 2.45) is 0 Å². The fraction of sp³-hybridized carbons (Fsp3) is 0.393. The summed E-state index contributed by atoms with van der Waals surface area (Å²) in [6.07, 6.45) is 2.30. The van der Waals surface area contributed by atoms with Crippen LogP contribution in [0.15, 0.2) is 42.5 Å². The Bertz CT molecular complexity index is 1340. The zero-order valence-electron chi connectivity index (χ0n) is 21.8. The van der Waals surface area contributed by atoms with E-state index in [0.29, 0.717) is 60.5 Å². The third-order valence-electron chi connectivity index (χ3n) is 7.77. The number of piperidine rings is 1. The van der Waals surface area contributed by atoms with Gasteiger partial charge in [-0.1, -0.05) is 24.3 Å². The summed E-state index contributed by atoms with van der Waals surface area (Å²) in [4.78, 5) is 31.0. The number of H-pyrrole nitrogens is 1. The van der Waals surface area contributed by atoms with Gasteiger partial charge in [0.1, 0.15) is 5.69 Å². The Kier molecular flexibility index (Phi) is 6.61. The highest BCUT2D eigenvalue weighted by molar-refractivity contribution is 6.26. The number of ether oxygens (including phenoxy) is 1. The first-order chi connectivity index (χ1) is 18.5. The Hall–Kier alpha value is -3.73. The van der Waals surface area contributed by atoms with Crippen LogP contribution in [0.4, 0.5) is 16.2 Å². The summed E-state index contributed by atoms with van der Waals surface area (Å²) in [6.45, 7) is 4.43. The van der Waals surface area contributed by atoms with E-state index < -0.39 is 0 Å². The number of hydrogen-bond acceptors (Lipinski definition) is 7. The van der Waals surface area contributed by atoms with Gasteiger partial charge in [0.25, 0.3) is 0 Å². The first-order valence-corrected chi connectivity index (χ1v) is 13.2. The molecule has 0 unspecified atom stereocenters. The topological polar surface area (TPSA) is 106 Å². The SMILES string of the molecule is CN(C)C1CCN(c2ccc(-c3n[nH]c4c3C(=O)c3c(NC(=O)NN5CCOCC5)cccc3-4)cc2)CC1. The number of fused-ring (bicyclic) bond motifs is 3. The number of hydrazine groups is 1. The van der Waals surface area contributed by atoms with Crippen molar-refractivity contribution in [3.8, 4) is 22.5 Å². The molecule has 1 aromatic heterocycles. The monoisotopic (exact) mass is 515 g/mol. The number of nitrogens with zero attached hydrogens (tertiary/aromatic N) is 4. The third-order valence-corrected chi connectivity index (χ3v) is 7.77. The van der Waals surface area contributed by atoms with Gasteiger partial charge in [0.05, 0.1) is 35.7 Å². The second kappa shape index (κ2) is 10.2. The Morgan fingerprint density at radius 1 is 1.03 bits per heavy atom. The molecule has 0 spiro atoms. The summed E-state index contributed by atoms with van der Waals surface area (Å²) in [7, 11) is 4.30. The van der Waals surface area contributed by atoms with Crippen LogP contribution >= 0.6 is 0 Å². The molecule has 2 saturated heterocycles. The fourth-order valence-electron chi connectivity index (χ4n) is 5.64. The summed E-state index contributed by atoms with van der Waals surface area (Å²) in [5, 5.41) is 12.3. The van der Waals surface area contributed by atoms with Gasteiger partial charge in [-0.3, -0.25) is 15.3 Å². The van der Waals surface area contributed by atoms with Crippen LogP contribution in [-0.2, 0) is 4.74 Å². The molecule has 0 radical (unpaired) electrons. The highest BCUT2D eigenvalue weighted by Crippen LogP contribution is 2.43. The summed E-state index contributed by atoms with van der Waals surface area (Å²) in [5.74, 6) is -0.143. The van der Waals surface area contributed by atoms with Crippen LogP contribution in [0, 0.1) is 0 Å². The number of carbonyl (C=O) groups is 2. The van der Waals surface area contributed by atoms with E-state index in [0.717, 1.165) is 37.1 Å². The minimum atomic E-state index is -0.382. The van der Waals surface area contributed by atoms with Crippen LogP contribution in [0.25, 0.3) is 22.5 Å². The third kappa shape index (κ3) is 4.55. The Morgan fingerprint density at radius 3 is 2.47 bits per heavy atom. The molecule has 1 aliphatic carbocycles. The molecule has 0 atom stereocenters. The molecule has 0 bridgehead atoms. The lowest BCUT2D eigenvalue weighted by Crippen LogP contribution is -2.49. The van der Waals surface area contributed by atoms with Gasteiger partial charge >= 0.3 is 6.03 Å². The second-order valence-electron chi connectivity index (χ2n) is 10.3. The van der Waals surface area contributed by atoms with E-state index in [-0.39, 0.29) is 11.8 Å². The molecule has 6 rings (SSSR count). The molecule has 3 aliphatic rings. The summed E-state index contributed by atoms with van der Waals surface area (Å²) >= 11 is 0. The highest BCUT2D eigenvalue weighted by Gasteiger charge is 2.35. The zero-order chi connectivity index (χ0) is 26.2. The average molecular weight is 516 g/mol. The summed E-state index contributed by atoms with van der Waals surface area (Å²) < 4.78 is 5.33. The maximum atomic E-state index is 13.7. The van der Waals surface area contributed by atoms with Gasteiger partial charge in [0, 0.05) is 49.0 Å². The van der Waals surface area contributed by atoms with Crippen molar-refractivity contribution in [3.63, 3.8) is 0 Å². The molecule has 3 aromatic rings. The number of urea groups is 1. The van der Waals surface area contributed by atoms with Crippen LogP contribution in [-0.4, -0.2) is 91.5 Å². The van der Waals surface area contributed by atoms with Crippen molar-refractivity contribution in [1.82, 2.24) is 25.5 Å². The van der Waals surface area contributed by atoms with Gasteiger partial charge in [-0.25, -0.2) is 9.80 Å². The van der Waals surface area contributed by atoms with Crippen molar-refractivity contribution in [3.05, 3.63) is 53.6 Å². The van der Waals surface area contributed by atoms with Gasteiger partial charge in [0.15, 0.2) is 5.78 Å². The summed E-state index contributed by atoms with van der Waals surface area (Å²) in [5.41, 5.74) is 8.46. The number of hydrogen-bond donors (Lipinski definition) is 3. The molecule has 198 valence electrons. The van der Waals surface area contributed by atoms with Crippen molar-refractivity contribution >= 4 is 23.2 Å². The number of anilines is 2. The number of amides is 2. The quantitative estimate of drug-likeness (QED) is 0.375. The number of aromatic amines is 1. The molecule has 3 heterocycles. The zero-order valence-corrected chi connectivity index (χ0v) is 21.8. The lowest BCUT2D eigenvalue weighted by molar-refractivity contribution is 0.0207. The van der Waals surface area contributed by atoms with E-state index in [1.807, 2.05) is 29.3 Å². The smallest absolute Gasteiger partial charge is 0.333 e. The number of nitrogens with one attached hydrogen (secondary N) is 3. The molecule has 0 saturated carbocycles. The maximum Gasteiger partial charge on any atom is 0.333 e. The standard InChI is InChI=1S/C28H33N7O3/c1-33(2)19-10-12-34(13-11-19)20-8-6-18(7-9-20)25-24-26(31-30-25)21-4-3-5-22(23(21)27(24)36)29-28(37)32-35-14-16-38-17-15-35/h3-9,19H,10-17H2,1-2H3,(H,30,31)(H2,29,32,37). The van der Waals surface area contributed by atoms with E-state index in [2.05, 4.69) is 57.0 Å². The number of aromatic nitrogens is 2. The minimum Gasteiger partial charge on any atom is -0.379 e. The molecule has 3 N–H and O–H groups in total. The Labute approximate surface area is 221 Å². The fourth-order valence-corrected chi connectivity index (χ4v) is 5.64. The van der Waals surface area contributed by atoms with Crippen molar-refractivity contribution in [2.45, 2.75) is 18.9 Å². The van der Waals surface area contributed by atoms with E-state index in [9.17, 15) is 9.59 Å².